The van der Waals surface area contributed by atoms with Crippen molar-refractivity contribution in [3.8, 4) is 0 Å². The van der Waals surface area contributed by atoms with Gasteiger partial charge in [-0.15, -0.1) is 0 Å². The lowest BCUT2D eigenvalue weighted by Crippen LogP contribution is -2.26. The lowest BCUT2D eigenvalue weighted by molar-refractivity contribution is 0.102. The molecule has 0 atom stereocenters. The van der Waals surface area contributed by atoms with Crippen molar-refractivity contribution in [1.29, 1.82) is 0 Å². The normalized spacial score (nSPS) is 13.9. The van der Waals surface area contributed by atoms with Gasteiger partial charge in [-0.05, 0) is 73.8 Å². The van der Waals surface area contributed by atoms with Crippen LogP contribution in [0.1, 0.15) is 34.7 Å². The Balaban J connectivity index is 1.32. The number of nitrogens with one attached hydrogen (secondary N) is 3. The average Bonchev–Trinajstić information content (AvgIpc) is 3.35. The zero-order chi connectivity index (χ0) is 25.9. The molecular weight excluding hydrogens is 488 g/mol. The Morgan fingerprint density at radius 3 is 2.57 bits per heavy atom. The van der Waals surface area contributed by atoms with Crippen LogP contribution in [0.25, 0.3) is 10.9 Å². The van der Waals surface area contributed by atoms with Gasteiger partial charge in [0, 0.05) is 49.2 Å². The summed E-state index contributed by atoms with van der Waals surface area (Å²) in [5.41, 5.74) is 4.15. The van der Waals surface area contributed by atoms with Crippen LogP contribution in [-0.4, -0.2) is 48.7 Å². The SMILES string of the molecule is CNC(=O)n1ccc2cc(N(C)c3ccnc(NC(=O)c4ccc(C5CCNCC5)cc4)c3)c(Cl)cc21. The first kappa shape index (κ1) is 24.8. The third kappa shape index (κ3) is 5.16. The van der Waals surface area contributed by atoms with Gasteiger partial charge in [-0.1, -0.05) is 23.7 Å². The highest BCUT2D eigenvalue weighted by atomic mass is 35.5. The Morgan fingerprint density at radius 1 is 1.08 bits per heavy atom. The molecule has 3 N–H and O–H groups in total. The molecular formula is C28H29ClN6O2. The number of amides is 2. The number of carbonyl (C=O) groups excluding carboxylic acids is 2. The summed E-state index contributed by atoms with van der Waals surface area (Å²) in [6.07, 6.45) is 5.60. The Bertz CT molecular complexity index is 1440. The van der Waals surface area contributed by atoms with Gasteiger partial charge in [0.15, 0.2) is 0 Å². The number of carbonyl (C=O) groups is 2. The molecule has 37 heavy (non-hydrogen) atoms. The second-order valence-electron chi connectivity index (χ2n) is 9.16. The predicted octanol–water partition coefficient (Wildman–Crippen LogP) is 5.36. The third-order valence-corrected chi connectivity index (χ3v) is 7.21. The number of nitrogens with zero attached hydrogens (tertiary/aromatic N) is 3. The van der Waals surface area contributed by atoms with Crippen LogP contribution in [0.5, 0.6) is 0 Å². The molecule has 1 aliphatic rings. The summed E-state index contributed by atoms with van der Waals surface area (Å²) in [5.74, 6) is 0.777. The maximum atomic E-state index is 12.9. The number of pyridine rings is 1. The minimum absolute atomic E-state index is 0.209. The van der Waals surface area contributed by atoms with Crippen molar-refractivity contribution in [3.05, 3.63) is 83.1 Å². The molecule has 2 amide bonds. The molecule has 0 unspecified atom stereocenters. The predicted molar refractivity (Wildman–Crippen MR) is 148 cm³/mol. The van der Waals surface area contributed by atoms with Gasteiger partial charge >= 0.3 is 6.03 Å². The van der Waals surface area contributed by atoms with Crippen LogP contribution >= 0.6 is 11.6 Å². The molecule has 1 aliphatic heterocycles. The van der Waals surface area contributed by atoms with E-state index in [9.17, 15) is 9.59 Å². The van der Waals surface area contributed by atoms with Crippen molar-refractivity contribution < 1.29 is 9.59 Å². The van der Waals surface area contributed by atoms with Crippen LogP contribution in [-0.2, 0) is 0 Å². The lowest BCUT2D eigenvalue weighted by atomic mass is 9.90. The number of aromatic nitrogens is 2. The van der Waals surface area contributed by atoms with Gasteiger partial charge in [-0.3, -0.25) is 9.36 Å². The summed E-state index contributed by atoms with van der Waals surface area (Å²) in [6, 6.07) is 16.9. The number of hydrogen-bond donors (Lipinski definition) is 3. The van der Waals surface area contributed by atoms with Crippen molar-refractivity contribution >= 4 is 51.6 Å². The van der Waals surface area contributed by atoms with E-state index in [-0.39, 0.29) is 11.9 Å². The largest absolute Gasteiger partial charge is 0.343 e. The minimum Gasteiger partial charge on any atom is -0.343 e. The number of hydrogen-bond acceptors (Lipinski definition) is 5. The monoisotopic (exact) mass is 516 g/mol. The Hall–Kier alpha value is -3.88. The summed E-state index contributed by atoms with van der Waals surface area (Å²) in [6.45, 7) is 2.07. The summed E-state index contributed by atoms with van der Waals surface area (Å²) in [4.78, 5) is 31.3. The molecule has 4 aromatic rings. The highest BCUT2D eigenvalue weighted by Gasteiger charge is 2.17. The van der Waals surface area contributed by atoms with Crippen LogP contribution in [0.2, 0.25) is 5.02 Å². The molecule has 0 bridgehead atoms. The van der Waals surface area contributed by atoms with Crippen LogP contribution < -0.4 is 20.9 Å². The van der Waals surface area contributed by atoms with Crippen molar-refractivity contribution in [3.63, 3.8) is 0 Å². The van der Waals surface area contributed by atoms with Crippen LogP contribution in [0.3, 0.4) is 0 Å². The van der Waals surface area contributed by atoms with Crippen LogP contribution in [0.15, 0.2) is 67.0 Å². The molecule has 190 valence electrons. The quantitative estimate of drug-likeness (QED) is 0.332. The van der Waals surface area contributed by atoms with E-state index in [1.54, 1.807) is 31.6 Å². The third-order valence-electron chi connectivity index (χ3n) is 6.91. The van der Waals surface area contributed by atoms with E-state index in [0.717, 1.165) is 48.2 Å². The Kier molecular flexibility index (Phi) is 7.12. The fourth-order valence-corrected chi connectivity index (χ4v) is 5.07. The van der Waals surface area contributed by atoms with Crippen molar-refractivity contribution in [2.75, 3.05) is 37.4 Å². The number of anilines is 3. The Labute approximate surface area is 220 Å². The lowest BCUT2D eigenvalue weighted by Gasteiger charge is -2.23. The van der Waals surface area contributed by atoms with Gasteiger partial charge < -0.3 is 20.9 Å². The van der Waals surface area contributed by atoms with Gasteiger partial charge in [0.1, 0.15) is 5.82 Å². The summed E-state index contributed by atoms with van der Waals surface area (Å²) < 4.78 is 1.52. The van der Waals surface area contributed by atoms with E-state index in [1.165, 1.54) is 10.1 Å². The number of fused-ring (bicyclic) bond motifs is 1. The van der Waals surface area contributed by atoms with Crippen molar-refractivity contribution in [2.24, 2.45) is 0 Å². The number of piperidine rings is 1. The van der Waals surface area contributed by atoms with Crippen molar-refractivity contribution in [1.82, 2.24) is 20.2 Å². The standard InChI is InChI=1S/C28H29ClN6O2/c1-30-28(37)35-14-10-21-15-25(23(29)17-24(21)35)34(2)22-9-13-32-26(16-22)33-27(36)20-5-3-18(4-6-20)19-7-11-31-12-8-19/h3-6,9-10,13-17,19,31H,7-8,11-12H2,1-2H3,(H,30,37)(H,32,33,36). The first-order valence-electron chi connectivity index (χ1n) is 12.3. The van der Waals surface area contributed by atoms with E-state index in [1.807, 2.05) is 42.3 Å². The average molecular weight is 517 g/mol. The number of halogens is 1. The first-order valence-corrected chi connectivity index (χ1v) is 12.7. The van der Waals surface area contributed by atoms with Gasteiger partial charge in [-0.25, -0.2) is 9.78 Å². The molecule has 3 heterocycles. The highest BCUT2D eigenvalue weighted by molar-refractivity contribution is 6.34. The zero-order valence-corrected chi connectivity index (χ0v) is 21.5. The summed E-state index contributed by atoms with van der Waals surface area (Å²) >= 11 is 6.62. The fourth-order valence-electron chi connectivity index (χ4n) is 4.79. The minimum atomic E-state index is -0.234. The van der Waals surface area contributed by atoms with E-state index in [0.29, 0.717) is 22.3 Å². The second kappa shape index (κ2) is 10.6. The van der Waals surface area contributed by atoms with Crippen molar-refractivity contribution in [2.45, 2.75) is 18.8 Å². The molecule has 2 aromatic carbocycles. The molecule has 0 radical (unpaired) electrons. The van der Waals surface area contributed by atoms with Gasteiger partial charge in [0.05, 0.1) is 16.2 Å². The second-order valence-corrected chi connectivity index (χ2v) is 9.57. The van der Waals surface area contributed by atoms with Crippen LogP contribution in [0, 0.1) is 0 Å². The van der Waals surface area contributed by atoms with E-state index >= 15 is 0 Å². The van der Waals surface area contributed by atoms with E-state index in [4.69, 9.17) is 11.6 Å². The Morgan fingerprint density at radius 2 is 1.84 bits per heavy atom. The van der Waals surface area contributed by atoms with E-state index in [2.05, 4.69) is 33.1 Å². The molecule has 5 rings (SSSR count). The smallest absolute Gasteiger partial charge is 0.325 e. The topological polar surface area (TPSA) is 91.3 Å². The zero-order valence-electron chi connectivity index (χ0n) is 20.8. The van der Waals surface area contributed by atoms with Gasteiger partial charge in [0.2, 0.25) is 0 Å². The molecule has 2 aromatic heterocycles. The molecule has 0 spiro atoms. The fraction of sp³-hybridized carbons (Fsp3) is 0.250. The number of benzene rings is 2. The summed E-state index contributed by atoms with van der Waals surface area (Å²) in [7, 11) is 3.48. The summed E-state index contributed by atoms with van der Waals surface area (Å²) in [5, 5.41) is 10.3. The molecule has 1 saturated heterocycles. The van der Waals surface area contributed by atoms with Gasteiger partial charge in [-0.2, -0.15) is 0 Å². The van der Waals surface area contributed by atoms with Gasteiger partial charge in [0.25, 0.3) is 5.91 Å². The molecule has 1 fully saturated rings. The molecule has 0 saturated carbocycles. The molecule has 9 heteroatoms. The number of rotatable bonds is 5. The van der Waals surface area contributed by atoms with E-state index < -0.39 is 0 Å². The molecule has 8 nitrogen and oxygen atoms in total. The maximum Gasteiger partial charge on any atom is 0.325 e. The van der Waals surface area contributed by atoms with Crippen LogP contribution in [0.4, 0.5) is 22.0 Å². The maximum absolute atomic E-state index is 12.9. The molecule has 0 aliphatic carbocycles. The first-order chi connectivity index (χ1) is 17.9. The highest BCUT2D eigenvalue weighted by Crippen LogP contribution is 2.35.